The van der Waals surface area contributed by atoms with Crippen LogP contribution >= 0.6 is 15.9 Å². The lowest BCUT2D eigenvalue weighted by Crippen LogP contribution is -2.13. The van der Waals surface area contributed by atoms with Gasteiger partial charge >= 0.3 is 0 Å². The highest BCUT2D eigenvalue weighted by molar-refractivity contribution is 9.10. The zero-order chi connectivity index (χ0) is 21.6. The number of fused-ring (bicyclic) bond motifs is 1. The number of H-pyrrole nitrogens is 1. The SMILES string of the molecule is N#CC(=Cc1c[nH]c2ccc(OCc3ccccc3)cc12)C(=O)Nc1ccc(Br)cc1. The van der Waals surface area contributed by atoms with Gasteiger partial charge in [0.25, 0.3) is 5.91 Å². The predicted molar refractivity (Wildman–Crippen MR) is 125 cm³/mol. The summed E-state index contributed by atoms with van der Waals surface area (Å²) in [5, 5.41) is 13.1. The molecule has 2 N–H and O–H groups in total. The fraction of sp³-hybridized carbons (Fsp3) is 0.0400. The van der Waals surface area contributed by atoms with Crippen molar-refractivity contribution in [2.45, 2.75) is 6.61 Å². The van der Waals surface area contributed by atoms with E-state index in [1.54, 1.807) is 24.4 Å². The minimum absolute atomic E-state index is 0.0134. The molecular formula is C25H18BrN3O2. The number of rotatable bonds is 6. The van der Waals surface area contributed by atoms with Crippen molar-refractivity contribution >= 4 is 44.5 Å². The standard InChI is InChI=1S/C25H18BrN3O2/c26-20-6-8-21(9-7-20)29-25(30)18(14-27)12-19-15-28-24-11-10-22(13-23(19)24)31-16-17-4-2-1-3-5-17/h1-13,15,28H,16H2,(H,29,30). The second kappa shape index (κ2) is 9.33. The minimum atomic E-state index is -0.462. The molecular weight excluding hydrogens is 454 g/mol. The van der Waals surface area contributed by atoms with Crippen LogP contribution in [0.4, 0.5) is 5.69 Å². The van der Waals surface area contributed by atoms with Crippen molar-refractivity contribution in [1.82, 2.24) is 4.98 Å². The summed E-state index contributed by atoms with van der Waals surface area (Å²) in [7, 11) is 0. The number of ether oxygens (including phenoxy) is 1. The molecule has 0 saturated carbocycles. The number of aromatic amines is 1. The fourth-order valence-corrected chi connectivity index (χ4v) is 3.37. The monoisotopic (exact) mass is 471 g/mol. The van der Waals surface area contributed by atoms with Gasteiger partial charge in [0.2, 0.25) is 0 Å². The molecule has 0 aliphatic rings. The summed E-state index contributed by atoms with van der Waals surface area (Å²) in [6.07, 6.45) is 3.35. The van der Waals surface area contributed by atoms with Crippen LogP contribution in [0, 0.1) is 11.3 Å². The summed E-state index contributed by atoms with van der Waals surface area (Å²) in [6.45, 7) is 0.459. The third-order valence-corrected chi connectivity index (χ3v) is 5.23. The highest BCUT2D eigenvalue weighted by Crippen LogP contribution is 2.26. The molecule has 0 fully saturated rings. The molecule has 31 heavy (non-hydrogen) atoms. The van der Waals surface area contributed by atoms with Crippen molar-refractivity contribution in [2.75, 3.05) is 5.32 Å². The molecule has 1 aromatic heterocycles. The summed E-state index contributed by atoms with van der Waals surface area (Å²) in [6, 6.07) is 24.8. The van der Waals surface area contributed by atoms with E-state index in [2.05, 4.69) is 26.2 Å². The van der Waals surface area contributed by atoms with Gasteiger partial charge in [-0.2, -0.15) is 5.26 Å². The van der Waals surface area contributed by atoms with E-state index in [0.29, 0.717) is 18.0 Å². The Balaban J connectivity index is 1.55. The Morgan fingerprint density at radius 2 is 1.87 bits per heavy atom. The lowest BCUT2D eigenvalue weighted by Gasteiger charge is -2.07. The Kier molecular flexibility index (Phi) is 6.16. The Morgan fingerprint density at radius 1 is 1.10 bits per heavy atom. The number of hydrogen-bond donors (Lipinski definition) is 2. The third-order valence-electron chi connectivity index (χ3n) is 4.70. The maximum absolute atomic E-state index is 12.6. The molecule has 0 radical (unpaired) electrons. The van der Waals surface area contributed by atoms with Gasteiger partial charge in [0.15, 0.2) is 0 Å². The van der Waals surface area contributed by atoms with Crippen molar-refractivity contribution in [3.05, 3.63) is 100 Å². The van der Waals surface area contributed by atoms with Crippen LogP contribution in [0.5, 0.6) is 5.75 Å². The predicted octanol–water partition coefficient (Wildman–Crippen LogP) is 6.06. The summed E-state index contributed by atoms with van der Waals surface area (Å²) in [4.78, 5) is 15.7. The summed E-state index contributed by atoms with van der Waals surface area (Å²) in [5.41, 5.74) is 3.34. The second-order valence-corrected chi connectivity index (χ2v) is 7.77. The summed E-state index contributed by atoms with van der Waals surface area (Å²) in [5.74, 6) is 0.249. The van der Waals surface area contributed by atoms with Crippen LogP contribution < -0.4 is 10.1 Å². The van der Waals surface area contributed by atoms with Gasteiger partial charge in [0.1, 0.15) is 24.0 Å². The maximum atomic E-state index is 12.6. The van der Waals surface area contributed by atoms with Gasteiger partial charge in [0.05, 0.1) is 0 Å². The molecule has 4 rings (SSSR count). The number of halogens is 1. The van der Waals surface area contributed by atoms with Crippen molar-refractivity contribution in [3.8, 4) is 11.8 Å². The molecule has 0 spiro atoms. The van der Waals surface area contributed by atoms with Crippen molar-refractivity contribution in [1.29, 1.82) is 5.26 Å². The molecule has 4 aromatic rings. The van der Waals surface area contributed by atoms with Crippen molar-refractivity contribution in [2.24, 2.45) is 0 Å². The van der Waals surface area contributed by atoms with Crippen LogP contribution in [-0.4, -0.2) is 10.9 Å². The first-order chi connectivity index (χ1) is 15.1. The average molecular weight is 472 g/mol. The molecule has 0 atom stereocenters. The molecule has 3 aromatic carbocycles. The lowest BCUT2D eigenvalue weighted by atomic mass is 10.1. The van der Waals surface area contributed by atoms with Crippen LogP contribution in [0.25, 0.3) is 17.0 Å². The highest BCUT2D eigenvalue weighted by atomic mass is 79.9. The van der Waals surface area contributed by atoms with Gasteiger partial charge in [-0.25, -0.2) is 0 Å². The Bertz CT molecular complexity index is 1290. The smallest absolute Gasteiger partial charge is 0.266 e. The van der Waals surface area contributed by atoms with Gasteiger partial charge in [0, 0.05) is 32.8 Å². The number of carbonyl (C=O) groups excluding carboxylic acids is 1. The first-order valence-corrected chi connectivity index (χ1v) is 10.4. The highest BCUT2D eigenvalue weighted by Gasteiger charge is 2.12. The molecule has 152 valence electrons. The zero-order valence-corrected chi connectivity index (χ0v) is 18.0. The molecule has 0 bridgehead atoms. The first kappa shape index (κ1) is 20.5. The van der Waals surface area contributed by atoms with Gasteiger partial charge < -0.3 is 15.0 Å². The number of nitriles is 1. The largest absolute Gasteiger partial charge is 0.489 e. The van der Waals surface area contributed by atoms with Gasteiger partial charge in [-0.3, -0.25) is 4.79 Å². The van der Waals surface area contributed by atoms with E-state index in [4.69, 9.17) is 4.74 Å². The molecule has 1 heterocycles. The molecule has 0 unspecified atom stereocenters. The molecule has 0 saturated heterocycles. The van der Waals surface area contributed by atoms with E-state index >= 15 is 0 Å². The van der Waals surface area contributed by atoms with E-state index < -0.39 is 5.91 Å². The number of hydrogen-bond acceptors (Lipinski definition) is 3. The number of amides is 1. The van der Waals surface area contributed by atoms with E-state index in [1.807, 2.05) is 66.7 Å². The molecule has 5 nitrogen and oxygen atoms in total. The minimum Gasteiger partial charge on any atom is -0.489 e. The van der Waals surface area contributed by atoms with E-state index in [1.165, 1.54) is 0 Å². The van der Waals surface area contributed by atoms with E-state index in [-0.39, 0.29) is 5.57 Å². The van der Waals surface area contributed by atoms with Crippen LogP contribution in [-0.2, 0) is 11.4 Å². The number of aromatic nitrogens is 1. The van der Waals surface area contributed by atoms with Crippen LogP contribution in [0.3, 0.4) is 0 Å². The topological polar surface area (TPSA) is 77.9 Å². The molecule has 0 aliphatic carbocycles. The van der Waals surface area contributed by atoms with Gasteiger partial charge in [-0.05, 0) is 54.1 Å². The Labute approximate surface area is 188 Å². The number of carbonyl (C=O) groups is 1. The number of nitrogens with one attached hydrogen (secondary N) is 2. The second-order valence-electron chi connectivity index (χ2n) is 6.86. The molecule has 1 amide bonds. The fourth-order valence-electron chi connectivity index (χ4n) is 3.11. The third kappa shape index (κ3) is 5.03. The van der Waals surface area contributed by atoms with Crippen molar-refractivity contribution < 1.29 is 9.53 Å². The van der Waals surface area contributed by atoms with Gasteiger partial charge in [-0.1, -0.05) is 46.3 Å². The van der Waals surface area contributed by atoms with Crippen LogP contribution in [0.15, 0.2) is 89.0 Å². The normalized spacial score (nSPS) is 11.2. The number of benzene rings is 3. The maximum Gasteiger partial charge on any atom is 0.266 e. The Hall–Kier alpha value is -3.82. The molecule has 6 heteroatoms. The van der Waals surface area contributed by atoms with Crippen molar-refractivity contribution in [3.63, 3.8) is 0 Å². The van der Waals surface area contributed by atoms with Crippen LogP contribution in [0.2, 0.25) is 0 Å². The lowest BCUT2D eigenvalue weighted by molar-refractivity contribution is -0.112. The van der Waals surface area contributed by atoms with E-state index in [0.717, 1.165) is 26.5 Å². The number of nitrogens with zero attached hydrogens (tertiary/aromatic N) is 1. The average Bonchev–Trinajstić information content (AvgIpc) is 3.20. The van der Waals surface area contributed by atoms with E-state index in [9.17, 15) is 10.1 Å². The summed E-state index contributed by atoms with van der Waals surface area (Å²) < 4.78 is 6.82. The Morgan fingerprint density at radius 3 is 2.61 bits per heavy atom. The summed E-state index contributed by atoms with van der Waals surface area (Å²) >= 11 is 3.36. The zero-order valence-electron chi connectivity index (χ0n) is 16.4. The van der Waals surface area contributed by atoms with Gasteiger partial charge in [-0.15, -0.1) is 0 Å². The molecule has 0 aliphatic heterocycles. The van der Waals surface area contributed by atoms with Crippen LogP contribution in [0.1, 0.15) is 11.1 Å². The first-order valence-electron chi connectivity index (χ1n) is 9.59. The number of anilines is 1. The quantitative estimate of drug-likeness (QED) is 0.265.